The fourth-order valence-electron chi connectivity index (χ4n) is 5.18. The van der Waals surface area contributed by atoms with Crippen LogP contribution < -0.4 is 5.32 Å². The molecule has 0 amide bonds. The quantitative estimate of drug-likeness (QED) is 0.706. The molecular weight excluding hydrogens is 378 g/mol. The Balaban J connectivity index is 1.76. The van der Waals surface area contributed by atoms with Crippen molar-refractivity contribution in [3.05, 3.63) is 52.9 Å². The first-order valence-corrected chi connectivity index (χ1v) is 11.0. The van der Waals surface area contributed by atoms with E-state index in [0.29, 0.717) is 12.0 Å². The maximum Gasteiger partial charge on any atom is 0.336 e. The van der Waals surface area contributed by atoms with E-state index in [1.165, 1.54) is 6.42 Å². The second-order valence-electron chi connectivity index (χ2n) is 9.61. The number of ether oxygens (including phenoxy) is 1. The third-order valence-electron chi connectivity index (χ3n) is 6.54. The van der Waals surface area contributed by atoms with E-state index in [-0.39, 0.29) is 29.0 Å². The second kappa shape index (κ2) is 7.93. The van der Waals surface area contributed by atoms with E-state index in [0.717, 1.165) is 42.6 Å². The number of fused-ring (bicyclic) bond motifs is 1. The molecular formula is C25H31NO4. The first-order valence-electron chi connectivity index (χ1n) is 11.0. The molecule has 3 aliphatic rings. The number of phenols is 1. The Kier molecular flexibility index (Phi) is 5.48. The summed E-state index contributed by atoms with van der Waals surface area (Å²) in [7, 11) is 0. The van der Waals surface area contributed by atoms with Crippen molar-refractivity contribution in [1.82, 2.24) is 5.32 Å². The zero-order chi connectivity index (χ0) is 21.5. The Morgan fingerprint density at radius 1 is 1.10 bits per heavy atom. The molecule has 0 radical (unpaired) electrons. The highest BCUT2D eigenvalue weighted by molar-refractivity contribution is 5.96. The molecule has 160 valence electrons. The highest BCUT2D eigenvalue weighted by Crippen LogP contribution is 2.47. The van der Waals surface area contributed by atoms with Crippen molar-refractivity contribution in [2.24, 2.45) is 11.3 Å². The highest BCUT2D eigenvalue weighted by atomic mass is 16.5. The molecule has 1 aromatic carbocycles. The predicted octanol–water partition coefficient (Wildman–Crippen LogP) is 4.73. The van der Waals surface area contributed by atoms with Crippen LogP contribution in [0.5, 0.6) is 5.75 Å². The van der Waals surface area contributed by atoms with Gasteiger partial charge in [-0.2, -0.15) is 0 Å². The molecule has 0 bridgehead atoms. The standard InChI is InChI=1S/C25H31NO4/c1-15-21(24(29)30-18-7-5-4-6-8-18)22(16-9-11-17(27)12-10-16)23-19(26-15)13-25(2,3)14-20(23)28/h9-13,18,22-23,26-27H,4-8,14H2,1-3H3. The van der Waals surface area contributed by atoms with Crippen LogP contribution in [-0.2, 0) is 14.3 Å². The number of Topliss-reactive ketones (excluding diaryl/α,β-unsaturated/α-hetero) is 1. The number of benzene rings is 1. The summed E-state index contributed by atoms with van der Waals surface area (Å²) in [6.07, 6.45) is 7.66. The van der Waals surface area contributed by atoms with Gasteiger partial charge in [0.25, 0.3) is 0 Å². The van der Waals surface area contributed by atoms with E-state index in [9.17, 15) is 14.7 Å². The van der Waals surface area contributed by atoms with E-state index >= 15 is 0 Å². The van der Waals surface area contributed by atoms with Gasteiger partial charge in [0.1, 0.15) is 17.6 Å². The first kappa shape index (κ1) is 20.7. The number of ketones is 1. The van der Waals surface area contributed by atoms with E-state index in [2.05, 4.69) is 25.2 Å². The van der Waals surface area contributed by atoms with Crippen LogP contribution in [0.4, 0.5) is 0 Å². The molecule has 0 aromatic heterocycles. The molecule has 0 spiro atoms. The number of phenolic OH excluding ortho intramolecular Hbond substituents is 1. The van der Waals surface area contributed by atoms with E-state index in [4.69, 9.17) is 4.74 Å². The SMILES string of the molecule is CC1=C(C(=O)OC2CCCCC2)C(c2ccc(O)cc2)C2C(=O)CC(C)(C)C=C2N1. The Morgan fingerprint density at radius 2 is 1.77 bits per heavy atom. The van der Waals surface area contributed by atoms with Gasteiger partial charge in [-0.15, -0.1) is 0 Å². The molecule has 5 nitrogen and oxygen atoms in total. The Bertz CT molecular complexity index is 904. The lowest BCUT2D eigenvalue weighted by Crippen LogP contribution is -2.44. The summed E-state index contributed by atoms with van der Waals surface area (Å²) in [6.45, 7) is 5.99. The van der Waals surface area contributed by atoms with Crippen LogP contribution in [0.2, 0.25) is 0 Å². The number of carbonyl (C=O) groups is 2. The Hall–Kier alpha value is -2.56. The monoisotopic (exact) mass is 409 g/mol. The summed E-state index contributed by atoms with van der Waals surface area (Å²) < 4.78 is 5.92. The average molecular weight is 410 g/mol. The minimum absolute atomic E-state index is 0.0510. The van der Waals surface area contributed by atoms with Crippen molar-refractivity contribution >= 4 is 11.8 Å². The lowest BCUT2D eigenvalue weighted by Gasteiger charge is -2.41. The smallest absolute Gasteiger partial charge is 0.336 e. The number of carbonyl (C=O) groups excluding carboxylic acids is 2. The topological polar surface area (TPSA) is 75.6 Å². The van der Waals surface area contributed by atoms with Gasteiger partial charge in [0, 0.05) is 23.7 Å². The van der Waals surface area contributed by atoms with Gasteiger partial charge in [0.15, 0.2) is 0 Å². The van der Waals surface area contributed by atoms with E-state index in [1.54, 1.807) is 24.3 Å². The van der Waals surface area contributed by atoms with Gasteiger partial charge in [0.2, 0.25) is 0 Å². The highest BCUT2D eigenvalue weighted by Gasteiger charge is 2.46. The fourth-order valence-corrected chi connectivity index (χ4v) is 5.18. The van der Waals surface area contributed by atoms with Gasteiger partial charge in [-0.25, -0.2) is 4.79 Å². The zero-order valence-corrected chi connectivity index (χ0v) is 18.0. The van der Waals surface area contributed by atoms with Gasteiger partial charge in [-0.3, -0.25) is 4.79 Å². The Morgan fingerprint density at radius 3 is 2.43 bits per heavy atom. The average Bonchev–Trinajstić information content (AvgIpc) is 2.67. The van der Waals surface area contributed by atoms with Crippen molar-refractivity contribution in [2.45, 2.75) is 71.3 Å². The number of rotatable bonds is 3. The second-order valence-corrected chi connectivity index (χ2v) is 9.61. The predicted molar refractivity (Wildman–Crippen MR) is 115 cm³/mol. The maximum absolute atomic E-state index is 13.3. The summed E-state index contributed by atoms with van der Waals surface area (Å²) >= 11 is 0. The largest absolute Gasteiger partial charge is 0.508 e. The lowest BCUT2D eigenvalue weighted by atomic mass is 9.66. The van der Waals surface area contributed by atoms with Crippen molar-refractivity contribution < 1.29 is 19.4 Å². The van der Waals surface area contributed by atoms with Crippen molar-refractivity contribution in [3.63, 3.8) is 0 Å². The van der Waals surface area contributed by atoms with Crippen molar-refractivity contribution in [3.8, 4) is 5.75 Å². The molecule has 30 heavy (non-hydrogen) atoms. The van der Waals surface area contributed by atoms with Gasteiger partial charge < -0.3 is 15.2 Å². The third kappa shape index (κ3) is 4.03. The summed E-state index contributed by atoms with van der Waals surface area (Å²) in [5.41, 5.74) is 2.74. The normalized spacial score (nSPS) is 26.5. The van der Waals surface area contributed by atoms with Crippen LogP contribution in [0, 0.1) is 11.3 Å². The number of nitrogens with one attached hydrogen (secondary N) is 1. The number of hydrogen-bond acceptors (Lipinski definition) is 5. The van der Waals surface area contributed by atoms with E-state index < -0.39 is 11.8 Å². The summed E-state index contributed by atoms with van der Waals surface area (Å²) in [5, 5.41) is 13.1. The maximum atomic E-state index is 13.3. The molecule has 2 unspecified atom stereocenters. The number of hydrogen-bond donors (Lipinski definition) is 2. The Labute approximate surface area is 178 Å². The van der Waals surface area contributed by atoms with Crippen LogP contribution in [0.25, 0.3) is 0 Å². The van der Waals surface area contributed by atoms with Crippen molar-refractivity contribution in [1.29, 1.82) is 0 Å². The molecule has 5 heteroatoms. The van der Waals surface area contributed by atoms with Gasteiger partial charge in [-0.05, 0) is 55.7 Å². The van der Waals surface area contributed by atoms with Gasteiger partial charge in [-0.1, -0.05) is 38.5 Å². The summed E-state index contributed by atoms with van der Waals surface area (Å²) in [6, 6.07) is 6.82. The molecule has 1 aromatic rings. The number of esters is 1. The molecule has 2 N–H and O–H groups in total. The number of allylic oxidation sites excluding steroid dienone is 3. The summed E-state index contributed by atoms with van der Waals surface area (Å²) in [4.78, 5) is 26.6. The zero-order valence-electron chi connectivity index (χ0n) is 18.0. The van der Waals surface area contributed by atoms with Crippen LogP contribution in [0.15, 0.2) is 47.3 Å². The minimum Gasteiger partial charge on any atom is -0.508 e. The van der Waals surface area contributed by atoms with Crippen LogP contribution in [0.1, 0.15) is 70.8 Å². The molecule has 2 aliphatic carbocycles. The van der Waals surface area contributed by atoms with Crippen LogP contribution in [0.3, 0.4) is 0 Å². The molecule has 0 saturated heterocycles. The van der Waals surface area contributed by atoms with E-state index in [1.807, 2.05) is 6.92 Å². The lowest BCUT2D eigenvalue weighted by molar-refractivity contribution is -0.146. The first-order chi connectivity index (χ1) is 14.2. The third-order valence-corrected chi connectivity index (χ3v) is 6.54. The number of aromatic hydroxyl groups is 1. The summed E-state index contributed by atoms with van der Waals surface area (Å²) in [5.74, 6) is -0.912. The van der Waals surface area contributed by atoms with Crippen LogP contribution in [-0.4, -0.2) is 23.0 Å². The van der Waals surface area contributed by atoms with Crippen molar-refractivity contribution in [2.75, 3.05) is 0 Å². The minimum atomic E-state index is -0.444. The molecule has 1 heterocycles. The molecule has 1 saturated carbocycles. The molecule has 2 atom stereocenters. The molecule has 4 rings (SSSR count). The van der Waals surface area contributed by atoms with Gasteiger partial charge in [0.05, 0.1) is 11.5 Å². The fraction of sp³-hybridized carbons (Fsp3) is 0.520. The van der Waals surface area contributed by atoms with Crippen LogP contribution >= 0.6 is 0 Å². The van der Waals surface area contributed by atoms with Gasteiger partial charge >= 0.3 is 5.97 Å². The molecule has 1 aliphatic heterocycles. The molecule has 1 fully saturated rings.